The van der Waals surface area contributed by atoms with Gasteiger partial charge in [0.25, 0.3) is 0 Å². The van der Waals surface area contributed by atoms with Gasteiger partial charge in [-0.05, 0) is 60.1 Å². The van der Waals surface area contributed by atoms with Crippen molar-refractivity contribution in [1.82, 2.24) is 0 Å². The minimum Gasteiger partial charge on any atom is -0.496 e. The molecule has 21 heavy (non-hydrogen) atoms. The summed E-state index contributed by atoms with van der Waals surface area (Å²) in [5.74, 6) is 0.834. The van der Waals surface area contributed by atoms with Gasteiger partial charge in [-0.1, -0.05) is 30.3 Å². The molecule has 0 aliphatic heterocycles. The molecule has 1 aliphatic carbocycles. The molecule has 0 bridgehead atoms. The van der Waals surface area contributed by atoms with Crippen molar-refractivity contribution in [1.29, 1.82) is 0 Å². The Morgan fingerprint density at radius 3 is 2.71 bits per heavy atom. The van der Waals surface area contributed by atoms with Crippen LogP contribution in [0.3, 0.4) is 0 Å². The van der Waals surface area contributed by atoms with Gasteiger partial charge in [-0.25, -0.2) is 0 Å². The second-order valence-corrected chi connectivity index (χ2v) is 5.91. The van der Waals surface area contributed by atoms with Gasteiger partial charge in [0.15, 0.2) is 0 Å². The molecule has 0 saturated carbocycles. The van der Waals surface area contributed by atoms with E-state index in [-0.39, 0.29) is 0 Å². The predicted octanol–water partition coefficient (Wildman–Crippen LogP) is 3.77. The Bertz CT molecular complexity index is 646. The van der Waals surface area contributed by atoms with Crippen LogP contribution in [-0.4, -0.2) is 12.2 Å². The van der Waals surface area contributed by atoms with Crippen molar-refractivity contribution in [2.45, 2.75) is 38.7 Å². The lowest BCUT2D eigenvalue weighted by molar-refractivity contribution is 0.178. The van der Waals surface area contributed by atoms with E-state index in [1.165, 1.54) is 36.0 Å². The lowest BCUT2D eigenvalue weighted by Gasteiger charge is -2.14. The van der Waals surface area contributed by atoms with E-state index >= 15 is 0 Å². The molecule has 110 valence electrons. The van der Waals surface area contributed by atoms with E-state index in [1.54, 1.807) is 7.11 Å². The van der Waals surface area contributed by atoms with Crippen molar-refractivity contribution < 1.29 is 9.84 Å². The van der Waals surface area contributed by atoms with Crippen LogP contribution in [0.15, 0.2) is 36.4 Å². The molecule has 0 fully saturated rings. The van der Waals surface area contributed by atoms with Gasteiger partial charge >= 0.3 is 0 Å². The summed E-state index contributed by atoms with van der Waals surface area (Å²) in [5, 5.41) is 10.5. The van der Waals surface area contributed by atoms with Gasteiger partial charge in [0, 0.05) is 6.42 Å². The maximum atomic E-state index is 10.5. The van der Waals surface area contributed by atoms with Gasteiger partial charge in [0.1, 0.15) is 5.75 Å². The third-order valence-electron chi connectivity index (χ3n) is 4.41. The third kappa shape index (κ3) is 2.96. The van der Waals surface area contributed by atoms with Crippen LogP contribution >= 0.6 is 0 Å². The normalized spacial score (nSPS) is 14.8. The van der Waals surface area contributed by atoms with Gasteiger partial charge in [-0.15, -0.1) is 0 Å². The Morgan fingerprint density at radius 2 is 1.90 bits per heavy atom. The molecule has 2 heteroatoms. The Balaban J connectivity index is 1.78. The topological polar surface area (TPSA) is 29.5 Å². The van der Waals surface area contributed by atoms with E-state index in [2.05, 4.69) is 18.2 Å². The van der Waals surface area contributed by atoms with Gasteiger partial charge < -0.3 is 9.84 Å². The lowest BCUT2D eigenvalue weighted by atomic mass is 9.97. The number of benzene rings is 2. The molecule has 0 saturated heterocycles. The highest BCUT2D eigenvalue weighted by molar-refractivity contribution is 5.39. The molecular weight excluding hydrogens is 260 g/mol. The molecule has 1 aliphatic rings. The van der Waals surface area contributed by atoms with Gasteiger partial charge in [-0.3, -0.25) is 0 Å². The molecule has 1 unspecified atom stereocenters. The SMILES string of the molecule is COc1cc(C(O)Cc2ccc3c(c2)CCC3)ccc1C. The molecule has 0 aromatic heterocycles. The number of aliphatic hydroxyl groups excluding tert-OH is 1. The first-order valence-corrected chi connectivity index (χ1v) is 7.60. The molecule has 1 N–H and O–H groups in total. The fourth-order valence-corrected chi connectivity index (χ4v) is 3.14. The first-order valence-electron chi connectivity index (χ1n) is 7.60. The zero-order valence-corrected chi connectivity index (χ0v) is 12.7. The van der Waals surface area contributed by atoms with Crippen LogP contribution in [0.5, 0.6) is 5.75 Å². The summed E-state index contributed by atoms with van der Waals surface area (Å²) in [6.45, 7) is 2.01. The van der Waals surface area contributed by atoms with Crippen molar-refractivity contribution >= 4 is 0 Å². The van der Waals surface area contributed by atoms with Crippen LogP contribution in [0.1, 0.15) is 40.3 Å². The van der Waals surface area contributed by atoms with Crippen molar-refractivity contribution in [3.8, 4) is 5.75 Å². The lowest BCUT2D eigenvalue weighted by Crippen LogP contribution is -2.03. The number of hydrogen-bond acceptors (Lipinski definition) is 2. The van der Waals surface area contributed by atoms with Crippen LogP contribution in [0.4, 0.5) is 0 Å². The first kappa shape index (κ1) is 14.2. The van der Waals surface area contributed by atoms with Gasteiger partial charge in [0.05, 0.1) is 13.2 Å². The van der Waals surface area contributed by atoms with Crippen molar-refractivity contribution in [2.24, 2.45) is 0 Å². The minimum atomic E-state index is -0.487. The summed E-state index contributed by atoms with van der Waals surface area (Å²) in [7, 11) is 1.67. The average Bonchev–Trinajstić information content (AvgIpc) is 2.95. The van der Waals surface area contributed by atoms with E-state index < -0.39 is 6.10 Å². The number of ether oxygens (including phenoxy) is 1. The van der Waals surface area contributed by atoms with Crippen LogP contribution in [0.25, 0.3) is 0 Å². The average molecular weight is 282 g/mol. The van der Waals surface area contributed by atoms with E-state index in [0.29, 0.717) is 6.42 Å². The summed E-state index contributed by atoms with van der Waals surface area (Å²) < 4.78 is 5.34. The second kappa shape index (κ2) is 5.90. The van der Waals surface area contributed by atoms with E-state index in [4.69, 9.17) is 4.74 Å². The summed E-state index contributed by atoms with van der Waals surface area (Å²) in [5.41, 5.74) is 6.15. The largest absolute Gasteiger partial charge is 0.496 e. The summed E-state index contributed by atoms with van der Waals surface area (Å²) in [6.07, 6.45) is 3.81. The smallest absolute Gasteiger partial charge is 0.122 e. The zero-order chi connectivity index (χ0) is 14.8. The maximum absolute atomic E-state index is 10.5. The predicted molar refractivity (Wildman–Crippen MR) is 84.9 cm³/mol. The highest BCUT2D eigenvalue weighted by Gasteiger charge is 2.14. The number of fused-ring (bicyclic) bond motifs is 1. The standard InChI is InChI=1S/C19H22O2/c1-13-6-8-17(12-19(13)21-2)18(20)11-14-7-9-15-4-3-5-16(15)10-14/h6-10,12,18,20H,3-5,11H2,1-2H3. The van der Waals surface area contributed by atoms with Crippen LogP contribution in [0.2, 0.25) is 0 Å². The maximum Gasteiger partial charge on any atom is 0.122 e. The summed E-state index contributed by atoms with van der Waals surface area (Å²) in [4.78, 5) is 0. The Morgan fingerprint density at radius 1 is 1.10 bits per heavy atom. The molecule has 1 atom stereocenters. The molecule has 0 amide bonds. The molecule has 3 rings (SSSR count). The molecule has 2 aromatic rings. The molecule has 0 heterocycles. The van der Waals surface area contributed by atoms with Crippen LogP contribution in [0, 0.1) is 6.92 Å². The highest BCUT2D eigenvalue weighted by Crippen LogP contribution is 2.28. The molecule has 2 aromatic carbocycles. The molecular formula is C19H22O2. The van der Waals surface area contributed by atoms with Crippen LogP contribution in [-0.2, 0) is 19.3 Å². The van der Waals surface area contributed by atoms with E-state index in [9.17, 15) is 5.11 Å². The monoisotopic (exact) mass is 282 g/mol. The Hall–Kier alpha value is -1.80. The first-order chi connectivity index (χ1) is 10.2. The number of hydrogen-bond donors (Lipinski definition) is 1. The van der Waals surface area contributed by atoms with E-state index in [0.717, 1.165) is 16.9 Å². The van der Waals surface area contributed by atoms with E-state index in [1.807, 2.05) is 25.1 Å². The second-order valence-electron chi connectivity index (χ2n) is 5.91. The number of aliphatic hydroxyl groups is 1. The number of rotatable bonds is 4. The number of methoxy groups -OCH3 is 1. The zero-order valence-electron chi connectivity index (χ0n) is 12.7. The fourth-order valence-electron chi connectivity index (χ4n) is 3.14. The highest BCUT2D eigenvalue weighted by atomic mass is 16.5. The van der Waals surface area contributed by atoms with Crippen molar-refractivity contribution in [3.05, 3.63) is 64.2 Å². The Kier molecular flexibility index (Phi) is 3.98. The van der Waals surface area contributed by atoms with Crippen molar-refractivity contribution in [3.63, 3.8) is 0 Å². The van der Waals surface area contributed by atoms with Gasteiger partial charge in [-0.2, -0.15) is 0 Å². The molecule has 2 nitrogen and oxygen atoms in total. The molecule has 0 radical (unpaired) electrons. The summed E-state index contributed by atoms with van der Waals surface area (Å²) in [6, 6.07) is 12.6. The quantitative estimate of drug-likeness (QED) is 0.925. The minimum absolute atomic E-state index is 0.487. The number of aryl methyl sites for hydroxylation is 3. The third-order valence-corrected chi connectivity index (χ3v) is 4.41. The Labute approximate surface area is 126 Å². The summed E-state index contributed by atoms with van der Waals surface area (Å²) >= 11 is 0. The van der Waals surface area contributed by atoms with Crippen LogP contribution < -0.4 is 4.74 Å². The molecule has 0 spiro atoms. The van der Waals surface area contributed by atoms with Crippen molar-refractivity contribution in [2.75, 3.05) is 7.11 Å². The van der Waals surface area contributed by atoms with Gasteiger partial charge in [0.2, 0.25) is 0 Å². The fraction of sp³-hybridized carbons (Fsp3) is 0.368.